The van der Waals surface area contributed by atoms with Crippen LogP contribution in [0.1, 0.15) is 19.3 Å². The van der Waals surface area contributed by atoms with Crippen LogP contribution in [0.4, 0.5) is 0 Å². The molecule has 0 aliphatic carbocycles. The molecular formula is C18H23ClN2O3S. The van der Waals surface area contributed by atoms with Crippen LogP contribution in [-0.2, 0) is 14.3 Å². The van der Waals surface area contributed by atoms with Gasteiger partial charge in [0, 0.05) is 54.9 Å². The molecular weight excluding hydrogens is 360 g/mol. The summed E-state index contributed by atoms with van der Waals surface area (Å²) in [5.41, 5.74) is 0. The number of thioether (sulfide) groups is 1. The summed E-state index contributed by atoms with van der Waals surface area (Å²) in [6.07, 6.45) is 2.02. The van der Waals surface area contributed by atoms with Crippen molar-refractivity contribution in [3.05, 3.63) is 29.3 Å². The molecule has 136 valence electrons. The first-order valence-corrected chi connectivity index (χ1v) is 10.1. The minimum atomic E-state index is -0.266. The Morgan fingerprint density at radius 1 is 1.12 bits per heavy atom. The number of benzene rings is 1. The second-order valence-electron chi connectivity index (χ2n) is 6.26. The molecule has 2 amide bonds. The van der Waals surface area contributed by atoms with E-state index in [0.717, 1.165) is 28.5 Å². The summed E-state index contributed by atoms with van der Waals surface area (Å²) in [7, 11) is 0. The van der Waals surface area contributed by atoms with Crippen LogP contribution in [0.25, 0.3) is 0 Å². The van der Waals surface area contributed by atoms with Gasteiger partial charge < -0.3 is 14.5 Å². The van der Waals surface area contributed by atoms with Crippen molar-refractivity contribution in [1.82, 2.24) is 9.80 Å². The van der Waals surface area contributed by atoms with E-state index in [1.54, 1.807) is 11.8 Å². The number of amides is 2. The first-order valence-electron chi connectivity index (χ1n) is 8.70. The van der Waals surface area contributed by atoms with Gasteiger partial charge in [0.15, 0.2) is 0 Å². The quantitative estimate of drug-likeness (QED) is 0.735. The largest absolute Gasteiger partial charge is 0.368 e. The summed E-state index contributed by atoms with van der Waals surface area (Å²) in [6.45, 7) is 3.12. The lowest BCUT2D eigenvalue weighted by Gasteiger charge is -2.35. The molecule has 0 bridgehead atoms. The molecule has 0 N–H and O–H groups in total. The molecule has 0 spiro atoms. The average molecular weight is 383 g/mol. The van der Waals surface area contributed by atoms with Gasteiger partial charge in [0.2, 0.25) is 5.91 Å². The van der Waals surface area contributed by atoms with E-state index in [2.05, 4.69) is 0 Å². The first kappa shape index (κ1) is 18.5. The second kappa shape index (κ2) is 8.92. The van der Waals surface area contributed by atoms with Crippen LogP contribution in [0.15, 0.2) is 29.2 Å². The second-order valence-corrected chi connectivity index (χ2v) is 7.86. The minimum absolute atomic E-state index is 0.0860. The third kappa shape index (κ3) is 5.12. The van der Waals surface area contributed by atoms with Gasteiger partial charge in [-0.05, 0) is 37.1 Å². The summed E-state index contributed by atoms with van der Waals surface area (Å²) in [6, 6.07) is 7.64. The fraction of sp³-hybridized carbons (Fsp3) is 0.556. The van der Waals surface area contributed by atoms with Crippen molar-refractivity contribution in [3.63, 3.8) is 0 Å². The van der Waals surface area contributed by atoms with E-state index < -0.39 is 0 Å². The van der Waals surface area contributed by atoms with E-state index in [0.29, 0.717) is 39.2 Å². The molecule has 25 heavy (non-hydrogen) atoms. The van der Waals surface area contributed by atoms with Crippen molar-refractivity contribution in [2.24, 2.45) is 0 Å². The maximum absolute atomic E-state index is 12.3. The van der Waals surface area contributed by atoms with E-state index in [4.69, 9.17) is 16.3 Å². The van der Waals surface area contributed by atoms with Crippen molar-refractivity contribution in [2.45, 2.75) is 30.3 Å². The maximum Gasteiger partial charge on any atom is 0.251 e. The maximum atomic E-state index is 12.3. The molecule has 7 heteroatoms. The normalized spacial score (nSPS) is 20.8. The van der Waals surface area contributed by atoms with E-state index >= 15 is 0 Å². The van der Waals surface area contributed by atoms with Crippen LogP contribution in [0.3, 0.4) is 0 Å². The number of carbonyl (C=O) groups is 2. The van der Waals surface area contributed by atoms with Crippen molar-refractivity contribution in [1.29, 1.82) is 0 Å². The fourth-order valence-corrected chi connectivity index (χ4v) is 4.06. The van der Waals surface area contributed by atoms with E-state index in [1.807, 2.05) is 34.1 Å². The molecule has 0 aromatic heterocycles. The van der Waals surface area contributed by atoms with Gasteiger partial charge in [-0.2, -0.15) is 0 Å². The van der Waals surface area contributed by atoms with Crippen LogP contribution in [0, 0.1) is 0 Å². The molecule has 1 unspecified atom stereocenters. The third-order valence-corrected chi connectivity index (χ3v) is 5.81. The van der Waals surface area contributed by atoms with Gasteiger partial charge in [-0.3, -0.25) is 9.59 Å². The summed E-state index contributed by atoms with van der Waals surface area (Å²) >= 11 is 7.52. The van der Waals surface area contributed by atoms with Gasteiger partial charge in [-0.15, -0.1) is 11.8 Å². The molecule has 0 saturated carbocycles. The lowest BCUT2D eigenvalue weighted by molar-refractivity contribution is -0.145. The molecule has 1 atom stereocenters. The molecule has 2 fully saturated rings. The molecule has 5 nitrogen and oxygen atoms in total. The van der Waals surface area contributed by atoms with Gasteiger partial charge in [-0.25, -0.2) is 0 Å². The zero-order valence-corrected chi connectivity index (χ0v) is 15.7. The zero-order chi connectivity index (χ0) is 17.6. The van der Waals surface area contributed by atoms with Gasteiger partial charge in [-0.1, -0.05) is 11.6 Å². The Hall–Kier alpha value is -1.24. The monoisotopic (exact) mass is 382 g/mol. The number of carbonyl (C=O) groups excluding carboxylic acids is 2. The number of piperazine rings is 1. The SMILES string of the molecule is O=C(CCSc1ccc(Cl)cc1)N1CCN(C(=O)C2CCCO2)CC1. The van der Waals surface area contributed by atoms with Crippen LogP contribution in [-0.4, -0.2) is 66.3 Å². The highest BCUT2D eigenvalue weighted by Gasteiger charge is 2.31. The van der Waals surface area contributed by atoms with Crippen molar-refractivity contribution in [3.8, 4) is 0 Å². The number of nitrogens with zero attached hydrogens (tertiary/aromatic N) is 2. The zero-order valence-electron chi connectivity index (χ0n) is 14.2. The van der Waals surface area contributed by atoms with Gasteiger partial charge in [0.05, 0.1) is 0 Å². The number of rotatable bonds is 5. The fourth-order valence-electron chi connectivity index (χ4n) is 3.10. The van der Waals surface area contributed by atoms with Crippen LogP contribution in [0.5, 0.6) is 0 Å². The first-order chi connectivity index (χ1) is 12.1. The summed E-state index contributed by atoms with van der Waals surface area (Å²) < 4.78 is 5.46. The van der Waals surface area contributed by atoms with Crippen LogP contribution < -0.4 is 0 Å². The standard InChI is InChI=1S/C18H23ClN2O3S/c19-14-3-5-15(6-4-14)25-13-7-17(22)20-8-10-21(11-9-20)18(23)16-2-1-12-24-16/h3-6,16H,1-2,7-13H2. The highest BCUT2D eigenvalue weighted by atomic mass is 35.5. The smallest absolute Gasteiger partial charge is 0.251 e. The van der Waals surface area contributed by atoms with Gasteiger partial charge in [0.1, 0.15) is 6.10 Å². The Labute approximate surface area is 157 Å². The molecule has 2 aliphatic rings. The van der Waals surface area contributed by atoms with Crippen LogP contribution in [0.2, 0.25) is 5.02 Å². The Bertz CT molecular complexity index is 597. The van der Waals surface area contributed by atoms with E-state index in [1.165, 1.54) is 0 Å². The minimum Gasteiger partial charge on any atom is -0.368 e. The van der Waals surface area contributed by atoms with Crippen LogP contribution >= 0.6 is 23.4 Å². The molecule has 2 aliphatic heterocycles. The van der Waals surface area contributed by atoms with E-state index in [9.17, 15) is 9.59 Å². The molecule has 0 radical (unpaired) electrons. The third-order valence-electron chi connectivity index (χ3n) is 4.55. The number of ether oxygens (including phenoxy) is 1. The lowest BCUT2D eigenvalue weighted by Crippen LogP contribution is -2.52. The molecule has 3 rings (SSSR count). The summed E-state index contributed by atoms with van der Waals surface area (Å²) in [5.74, 6) is 0.990. The average Bonchev–Trinajstić information content (AvgIpc) is 3.17. The lowest BCUT2D eigenvalue weighted by atomic mass is 10.2. The molecule has 2 saturated heterocycles. The highest BCUT2D eigenvalue weighted by Crippen LogP contribution is 2.21. The van der Waals surface area contributed by atoms with Crippen molar-refractivity contribution >= 4 is 35.2 Å². The summed E-state index contributed by atoms with van der Waals surface area (Å²) in [5, 5.41) is 0.718. The Morgan fingerprint density at radius 3 is 2.44 bits per heavy atom. The number of hydrogen-bond donors (Lipinski definition) is 0. The predicted octanol–water partition coefficient (Wildman–Crippen LogP) is 2.67. The van der Waals surface area contributed by atoms with Crippen molar-refractivity contribution < 1.29 is 14.3 Å². The predicted molar refractivity (Wildman–Crippen MR) is 98.9 cm³/mol. The Balaban J connectivity index is 1.37. The number of hydrogen-bond acceptors (Lipinski definition) is 4. The van der Waals surface area contributed by atoms with E-state index in [-0.39, 0.29) is 17.9 Å². The Kier molecular flexibility index (Phi) is 6.62. The Morgan fingerprint density at radius 2 is 1.80 bits per heavy atom. The topological polar surface area (TPSA) is 49.9 Å². The van der Waals surface area contributed by atoms with Crippen molar-refractivity contribution in [2.75, 3.05) is 38.5 Å². The molecule has 2 heterocycles. The van der Waals surface area contributed by atoms with Gasteiger partial charge >= 0.3 is 0 Å². The highest BCUT2D eigenvalue weighted by molar-refractivity contribution is 7.99. The molecule has 1 aromatic rings. The van der Waals surface area contributed by atoms with Gasteiger partial charge in [0.25, 0.3) is 5.91 Å². The number of halogens is 1. The molecule has 1 aromatic carbocycles. The summed E-state index contributed by atoms with van der Waals surface area (Å²) in [4.78, 5) is 29.5.